The SMILES string of the molecule is CC[Si](C#Cc1ccccc1C(C)C(N)=O)(CC)CC. The van der Waals surface area contributed by atoms with Crippen LogP contribution in [-0.4, -0.2) is 14.0 Å². The molecule has 3 heteroatoms. The Morgan fingerprint density at radius 1 is 1.20 bits per heavy atom. The molecule has 0 saturated carbocycles. The van der Waals surface area contributed by atoms with Crippen molar-refractivity contribution in [2.75, 3.05) is 0 Å². The van der Waals surface area contributed by atoms with Crippen LogP contribution in [0.2, 0.25) is 18.1 Å². The van der Waals surface area contributed by atoms with Gasteiger partial charge in [0.05, 0.1) is 5.92 Å². The Kier molecular flexibility index (Phi) is 6.03. The van der Waals surface area contributed by atoms with E-state index in [1.54, 1.807) is 0 Å². The lowest BCUT2D eigenvalue weighted by Gasteiger charge is -2.20. The van der Waals surface area contributed by atoms with E-state index in [0.29, 0.717) is 0 Å². The van der Waals surface area contributed by atoms with E-state index in [2.05, 4.69) is 32.2 Å². The van der Waals surface area contributed by atoms with E-state index in [-0.39, 0.29) is 11.8 Å². The number of carbonyl (C=O) groups excluding carboxylic acids is 1. The highest BCUT2D eigenvalue weighted by Gasteiger charge is 2.24. The van der Waals surface area contributed by atoms with Crippen LogP contribution in [0.4, 0.5) is 0 Å². The lowest BCUT2D eigenvalue weighted by Crippen LogP contribution is -2.29. The van der Waals surface area contributed by atoms with Crippen molar-refractivity contribution in [2.24, 2.45) is 5.73 Å². The average molecular weight is 287 g/mol. The number of rotatable bonds is 5. The first-order valence-corrected chi connectivity index (χ1v) is 10.0. The summed E-state index contributed by atoms with van der Waals surface area (Å²) in [6.45, 7) is 8.57. The first-order chi connectivity index (χ1) is 9.49. The lowest BCUT2D eigenvalue weighted by molar-refractivity contribution is -0.119. The third kappa shape index (κ3) is 3.74. The van der Waals surface area contributed by atoms with Crippen molar-refractivity contribution in [3.8, 4) is 11.5 Å². The zero-order chi connectivity index (χ0) is 15.2. The zero-order valence-electron chi connectivity index (χ0n) is 13.0. The summed E-state index contributed by atoms with van der Waals surface area (Å²) in [6, 6.07) is 11.4. The van der Waals surface area contributed by atoms with Crippen LogP contribution in [0.15, 0.2) is 24.3 Å². The Morgan fingerprint density at radius 2 is 1.75 bits per heavy atom. The number of hydrogen-bond acceptors (Lipinski definition) is 1. The van der Waals surface area contributed by atoms with Gasteiger partial charge in [0, 0.05) is 5.56 Å². The lowest BCUT2D eigenvalue weighted by atomic mass is 9.96. The van der Waals surface area contributed by atoms with Crippen LogP contribution >= 0.6 is 0 Å². The number of primary amides is 1. The van der Waals surface area contributed by atoms with Gasteiger partial charge in [0.1, 0.15) is 8.07 Å². The molecule has 0 saturated heterocycles. The standard InChI is InChI=1S/C17H25NOSi/c1-5-20(6-2,7-3)13-12-15-10-8-9-11-16(15)14(4)17(18)19/h8-11,14H,5-7H2,1-4H3,(H2,18,19). The first kappa shape index (κ1) is 16.5. The third-order valence-corrected chi connectivity index (χ3v) is 9.06. The fourth-order valence-corrected chi connectivity index (χ4v) is 4.79. The minimum Gasteiger partial charge on any atom is -0.369 e. The molecule has 0 bridgehead atoms. The molecule has 1 rings (SSSR count). The molecule has 1 atom stereocenters. The van der Waals surface area contributed by atoms with E-state index >= 15 is 0 Å². The van der Waals surface area contributed by atoms with Gasteiger partial charge >= 0.3 is 0 Å². The average Bonchev–Trinajstić information content (AvgIpc) is 2.49. The van der Waals surface area contributed by atoms with Gasteiger partial charge in [0.2, 0.25) is 5.91 Å². The van der Waals surface area contributed by atoms with Gasteiger partial charge in [-0.1, -0.05) is 44.9 Å². The van der Waals surface area contributed by atoms with E-state index in [4.69, 9.17) is 5.73 Å². The molecule has 0 radical (unpaired) electrons. The van der Waals surface area contributed by atoms with Crippen LogP contribution in [0.3, 0.4) is 0 Å². The van der Waals surface area contributed by atoms with Gasteiger partial charge in [-0.2, -0.15) is 0 Å². The molecule has 0 fully saturated rings. The van der Waals surface area contributed by atoms with Crippen molar-refractivity contribution in [2.45, 2.75) is 51.7 Å². The number of nitrogens with two attached hydrogens (primary N) is 1. The second-order valence-electron chi connectivity index (χ2n) is 5.30. The summed E-state index contributed by atoms with van der Waals surface area (Å²) in [6.07, 6.45) is 0. The Morgan fingerprint density at radius 3 is 2.25 bits per heavy atom. The summed E-state index contributed by atoms with van der Waals surface area (Å²) < 4.78 is 0. The van der Waals surface area contributed by atoms with E-state index in [1.165, 1.54) is 18.1 Å². The highest BCUT2D eigenvalue weighted by atomic mass is 28.3. The summed E-state index contributed by atoms with van der Waals surface area (Å²) in [4.78, 5) is 11.4. The van der Waals surface area contributed by atoms with Gasteiger partial charge in [-0.05, 0) is 36.7 Å². The summed E-state index contributed by atoms with van der Waals surface area (Å²) in [5.74, 6) is 2.75. The van der Waals surface area contributed by atoms with Gasteiger partial charge < -0.3 is 5.73 Å². The van der Waals surface area contributed by atoms with Crippen LogP contribution < -0.4 is 5.73 Å². The highest BCUT2D eigenvalue weighted by Crippen LogP contribution is 2.21. The molecule has 0 aliphatic heterocycles. The fraction of sp³-hybridized carbons (Fsp3) is 0.471. The summed E-state index contributed by atoms with van der Waals surface area (Å²) in [7, 11) is -1.46. The molecule has 0 spiro atoms. The molecule has 2 N–H and O–H groups in total. The molecule has 1 aromatic rings. The van der Waals surface area contributed by atoms with Crippen LogP contribution in [0.1, 0.15) is 44.7 Å². The topological polar surface area (TPSA) is 43.1 Å². The molecule has 108 valence electrons. The number of carbonyl (C=O) groups is 1. The molecule has 0 aliphatic carbocycles. The third-order valence-electron chi connectivity index (χ3n) is 4.35. The fourth-order valence-electron chi connectivity index (χ4n) is 2.36. The van der Waals surface area contributed by atoms with Gasteiger partial charge in [0.25, 0.3) is 0 Å². The minimum absolute atomic E-state index is 0.290. The molecule has 20 heavy (non-hydrogen) atoms. The zero-order valence-corrected chi connectivity index (χ0v) is 14.0. The highest BCUT2D eigenvalue weighted by molar-refractivity contribution is 6.87. The normalized spacial score (nSPS) is 12.4. The predicted octanol–water partition coefficient (Wildman–Crippen LogP) is 3.67. The number of amides is 1. The number of benzene rings is 1. The van der Waals surface area contributed by atoms with Gasteiger partial charge in [-0.3, -0.25) is 4.79 Å². The van der Waals surface area contributed by atoms with E-state index in [9.17, 15) is 4.79 Å². The molecule has 1 aromatic carbocycles. The van der Waals surface area contributed by atoms with Crippen LogP contribution in [-0.2, 0) is 4.79 Å². The molecule has 1 unspecified atom stereocenters. The Hall–Kier alpha value is -1.53. The smallest absolute Gasteiger partial charge is 0.224 e. The van der Waals surface area contributed by atoms with Crippen LogP contribution in [0.25, 0.3) is 0 Å². The molecule has 0 heterocycles. The van der Waals surface area contributed by atoms with Crippen molar-refractivity contribution < 1.29 is 4.79 Å². The second-order valence-corrected chi connectivity index (χ2v) is 10.2. The van der Waals surface area contributed by atoms with E-state index in [0.717, 1.165) is 11.1 Å². The molecule has 0 aliphatic rings. The monoisotopic (exact) mass is 287 g/mol. The van der Waals surface area contributed by atoms with Gasteiger partial charge in [-0.25, -0.2) is 0 Å². The van der Waals surface area contributed by atoms with Gasteiger partial charge in [-0.15, -0.1) is 5.54 Å². The molecular weight excluding hydrogens is 262 g/mol. The molecule has 2 nitrogen and oxygen atoms in total. The van der Waals surface area contributed by atoms with E-state index in [1.807, 2.05) is 31.2 Å². The van der Waals surface area contributed by atoms with Crippen LogP contribution in [0.5, 0.6) is 0 Å². The maximum atomic E-state index is 11.4. The van der Waals surface area contributed by atoms with Crippen molar-refractivity contribution in [1.82, 2.24) is 0 Å². The van der Waals surface area contributed by atoms with Crippen molar-refractivity contribution in [3.63, 3.8) is 0 Å². The van der Waals surface area contributed by atoms with Gasteiger partial charge in [0.15, 0.2) is 0 Å². The molecular formula is C17H25NOSi. The van der Waals surface area contributed by atoms with Crippen molar-refractivity contribution >= 4 is 14.0 Å². The summed E-state index contributed by atoms with van der Waals surface area (Å²) >= 11 is 0. The second kappa shape index (κ2) is 7.30. The van der Waals surface area contributed by atoms with E-state index < -0.39 is 8.07 Å². The van der Waals surface area contributed by atoms with Crippen molar-refractivity contribution in [1.29, 1.82) is 0 Å². The largest absolute Gasteiger partial charge is 0.369 e. The predicted molar refractivity (Wildman–Crippen MR) is 88.1 cm³/mol. The maximum Gasteiger partial charge on any atom is 0.224 e. The first-order valence-electron chi connectivity index (χ1n) is 7.41. The maximum absolute atomic E-state index is 11.4. The number of hydrogen-bond donors (Lipinski definition) is 1. The quantitative estimate of drug-likeness (QED) is 0.651. The Balaban J connectivity index is 3.20. The van der Waals surface area contributed by atoms with Crippen LogP contribution in [0, 0.1) is 11.5 Å². The molecule has 1 amide bonds. The molecule has 0 aromatic heterocycles. The minimum atomic E-state index is -1.46. The Bertz CT molecular complexity index is 515. The van der Waals surface area contributed by atoms with Crippen molar-refractivity contribution in [3.05, 3.63) is 35.4 Å². The Labute approximate surface area is 123 Å². The summed E-state index contributed by atoms with van der Waals surface area (Å²) in [5.41, 5.74) is 10.9. The summed E-state index contributed by atoms with van der Waals surface area (Å²) in [5, 5.41) is 0.